The molecule has 1 amide bonds. The van der Waals surface area contributed by atoms with E-state index >= 15 is 0 Å². The fraction of sp³-hybridized carbons (Fsp3) is 0.353. The minimum atomic E-state index is -2.52. The summed E-state index contributed by atoms with van der Waals surface area (Å²) in [5.41, 5.74) is -2.24. The number of rotatable bonds is 5. The smallest absolute Gasteiger partial charge is 0.357 e. The molecule has 2 N–H and O–H groups in total. The standard InChI is InChI=1S/C17H16BrNO5/c18-11-7-5-10(6-8-11)14(20)9-17(24,16(22)23)19-13-4-2-1-3-12(13)15(19)21/h1-2,5-8,12-13,24H,3-4,9H2,(H,22,23). The molecule has 0 aromatic heterocycles. The van der Waals surface area contributed by atoms with Crippen LogP contribution in [0, 0.1) is 5.92 Å². The molecule has 1 heterocycles. The lowest BCUT2D eigenvalue weighted by Gasteiger charge is -2.53. The summed E-state index contributed by atoms with van der Waals surface area (Å²) in [6.07, 6.45) is 4.08. The van der Waals surface area contributed by atoms with Crippen molar-refractivity contribution in [2.45, 2.75) is 31.0 Å². The molecule has 1 aliphatic heterocycles. The largest absolute Gasteiger partial charge is 0.478 e. The number of nitrogens with zero attached hydrogens (tertiary/aromatic N) is 1. The highest BCUT2D eigenvalue weighted by molar-refractivity contribution is 9.10. The first-order valence-corrected chi connectivity index (χ1v) is 8.36. The molecule has 126 valence electrons. The van der Waals surface area contributed by atoms with Gasteiger partial charge in [0, 0.05) is 10.0 Å². The van der Waals surface area contributed by atoms with Crippen LogP contribution in [-0.4, -0.2) is 44.5 Å². The number of Topliss-reactive ketones (excluding diaryl/α,β-unsaturated/α-hetero) is 1. The van der Waals surface area contributed by atoms with Crippen molar-refractivity contribution in [1.29, 1.82) is 0 Å². The van der Waals surface area contributed by atoms with Gasteiger partial charge in [0.25, 0.3) is 0 Å². The van der Waals surface area contributed by atoms with Gasteiger partial charge >= 0.3 is 5.97 Å². The van der Waals surface area contributed by atoms with Gasteiger partial charge in [-0.05, 0) is 25.0 Å². The van der Waals surface area contributed by atoms with Crippen LogP contribution >= 0.6 is 15.9 Å². The third kappa shape index (κ3) is 2.67. The number of aliphatic hydroxyl groups is 1. The maximum absolute atomic E-state index is 12.4. The van der Waals surface area contributed by atoms with Crippen LogP contribution in [0.5, 0.6) is 0 Å². The lowest BCUT2D eigenvalue weighted by atomic mass is 9.76. The molecule has 1 aliphatic carbocycles. The van der Waals surface area contributed by atoms with Crippen molar-refractivity contribution in [1.82, 2.24) is 4.90 Å². The Hall–Kier alpha value is -1.99. The average molecular weight is 394 g/mol. The van der Waals surface area contributed by atoms with Gasteiger partial charge in [-0.15, -0.1) is 0 Å². The number of fused-ring (bicyclic) bond motifs is 1. The maximum Gasteiger partial charge on any atom is 0.357 e. The first kappa shape index (κ1) is 16.9. The summed E-state index contributed by atoms with van der Waals surface area (Å²) in [5.74, 6) is -2.84. The van der Waals surface area contributed by atoms with Gasteiger partial charge in [-0.3, -0.25) is 9.59 Å². The lowest BCUT2D eigenvalue weighted by Crippen LogP contribution is -2.72. The Balaban J connectivity index is 1.85. The first-order valence-electron chi connectivity index (χ1n) is 7.57. The Morgan fingerprint density at radius 3 is 2.46 bits per heavy atom. The van der Waals surface area contributed by atoms with Gasteiger partial charge in [0.05, 0.1) is 18.4 Å². The van der Waals surface area contributed by atoms with E-state index in [2.05, 4.69) is 15.9 Å². The SMILES string of the molecule is O=C(CC(O)(C(=O)O)N1C(=O)C2CC=CCC21)c1ccc(Br)cc1. The molecule has 1 aromatic carbocycles. The molecule has 3 unspecified atom stereocenters. The molecule has 24 heavy (non-hydrogen) atoms. The van der Waals surface area contributed by atoms with E-state index in [1.54, 1.807) is 24.3 Å². The Morgan fingerprint density at radius 1 is 1.21 bits per heavy atom. The van der Waals surface area contributed by atoms with E-state index in [-0.39, 0.29) is 17.5 Å². The Kier molecular flexibility index (Phi) is 4.31. The number of hydrogen-bond donors (Lipinski definition) is 2. The number of carboxylic acid groups (broad SMARTS) is 1. The molecule has 6 nitrogen and oxygen atoms in total. The van der Waals surface area contributed by atoms with E-state index in [4.69, 9.17) is 0 Å². The zero-order valence-electron chi connectivity index (χ0n) is 12.7. The average Bonchev–Trinajstić information content (AvgIpc) is 2.54. The van der Waals surface area contributed by atoms with Crippen molar-refractivity contribution < 1.29 is 24.6 Å². The van der Waals surface area contributed by atoms with Gasteiger partial charge < -0.3 is 15.1 Å². The highest BCUT2D eigenvalue weighted by atomic mass is 79.9. The fourth-order valence-corrected chi connectivity index (χ4v) is 3.56. The van der Waals surface area contributed by atoms with Gasteiger partial charge in [0.1, 0.15) is 0 Å². The van der Waals surface area contributed by atoms with Crippen molar-refractivity contribution in [3.8, 4) is 0 Å². The zero-order valence-corrected chi connectivity index (χ0v) is 14.3. The predicted octanol–water partition coefficient (Wildman–Crippen LogP) is 1.97. The van der Waals surface area contributed by atoms with Gasteiger partial charge in [-0.25, -0.2) is 4.79 Å². The fourth-order valence-electron chi connectivity index (χ4n) is 3.29. The van der Waals surface area contributed by atoms with E-state index in [1.165, 1.54) is 0 Å². The molecule has 1 saturated heterocycles. The minimum absolute atomic E-state index is 0.283. The first-order chi connectivity index (χ1) is 11.3. The number of amides is 1. The van der Waals surface area contributed by atoms with E-state index in [0.717, 1.165) is 9.37 Å². The molecule has 7 heteroatoms. The number of hydrogen-bond acceptors (Lipinski definition) is 4. The summed E-state index contributed by atoms with van der Waals surface area (Å²) in [6.45, 7) is 0. The number of halogens is 1. The van der Waals surface area contributed by atoms with Crippen molar-refractivity contribution in [2.75, 3.05) is 0 Å². The normalized spacial score (nSPS) is 24.8. The second-order valence-corrected chi connectivity index (χ2v) is 6.97. The van der Waals surface area contributed by atoms with Gasteiger partial charge in [-0.1, -0.05) is 40.2 Å². The summed E-state index contributed by atoms with van der Waals surface area (Å²) < 4.78 is 0.780. The van der Waals surface area contributed by atoms with Gasteiger partial charge in [-0.2, -0.15) is 0 Å². The van der Waals surface area contributed by atoms with Gasteiger partial charge in [0.2, 0.25) is 11.6 Å². The molecule has 0 bridgehead atoms. The third-order valence-electron chi connectivity index (χ3n) is 4.60. The minimum Gasteiger partial charge on any atom is -0.478 e. The molecule has 2 aliphatic rings. The Bertz CT molecular complexity index is 729. The summed E-state index contributed by atoms with van der Waals surface area (Å²) in [4.78, 5) is 37.3. The van der Waals surface area contributed by atoms with Gasteiger partial charge in [0.15, 0.2) is 5.78 Å². The molecule has 1 aromatic rings. The third-order valence-corrected chi connectivity index (χ3v) is 5.13. The molecule has 3 atom stereocenters. The monoisotopic (exact) mass is 393 g/mol. The summed E-state index contributed by atoms with van der Waals surface area (Å²) in [6, 6.07) is 6.02. The number of carboxylic acids is 1. The quantitative estimate of drug-likeness (QED) is 0.453. The van der Waals surface area contributed by atoms with Crippen molar-refractivity contribution in [3.63, 3.8) is 0 Å². The van der Waals surface area contributed by atoms with E-state index < -0.39 is 29.8 Å². The highest BCUT2D eigenvalue weighted by Gasteiger charge is 2.59. The second kappa shape index (κ2) is 6.14. The molecule has 0 spiro atoms. The predicted molar refractivity (Wildman–Crippen MR) is 88.2 cm³/mol. The van der Waals surface area contributed by atoms with Crippen LogP contribution in [0.15, 0.2) is 40.9 Å². The van der Waals surface area contributed by atoms with Crippen LogP contribution in [0.3, 0.4) is 0 Å². The summed E-state index contributed by atoms with van der Waals surface area (Å²) in [7, 11) is 0. The number of carbonyl (C=O) groups excluding carboxylic acids is 2. The number of benzene rings is 1. The number of carbonyl (C=O) groups is 3. The highest BCUT2D eigenvalue weighted by Crippen LogP contribution is 2.41. The van der Waals surface area contributed by atoms with E-state index in [1.807, 2.05) is 12.2 Å². The van der Waals surface area contributed by atoms with E-state index in [9.17, 15) is 24.6 Å². The van der Waals surface area contributed by atoms with Crippen LogP contribution in [0.25, 0.3) is 0 Å². The molecular weight excluding hydrogens is 378 g/mol. The molecule has 0 saturated carbocycles. The number of aliphatic carboxylic acids is 1. The number of allylic oxidation sites excluding steroid dienone is 1. The Labute approximate surface area is 146 Å². The summed E-state index contributed by atoms with van der Waals surface area (Å²) >= 11 is 3.25. The number of β-lactam (4-membered cyclic amide) rings is 1. The zero-order chi connectivity index (χ0) is 17.5. The van der Waals surface area contributed by atoms with Crippen molar-refractivity contribution >= 4 is 33.6 Å². The Morgan fingerprint density at radius 2 is 1.83 bits per heavy atom. The molecule has 0 radical (unpaired) electrons. The lowest BCUT2D eigenvalue weighted by molar-refractivity contribution is -0.215. The molecular formula is C17H16BrNO5. The van der Waals surface area contributed by atoms with Crippen LogP contribution in [0.4, 0.5) is 0 Å². The molecule has 1 fully saturated rings. The number of likely N-dealkylation sites (tertiary alicyclic amines) is 1. The van der Waals surface area contributed by atoms with Crippen molar-refractivity contribution in [3.05, 3.63) is 46.5 Å². The van der Waals surface area contributed by atoms with Crippen molar-refractivity contribution in [2.24, 2.45) is 5.92 Å². The molecule has 3 rings (SSSR count). The maximum atomic E-state index is 12.4. The number of ketones is 1. The second-order valence-electron chi connectivity index (χ2n) is 6.05. The van der Waals surface area contributed by atoms with Crippen LogP contribution in [0.1, 0.15) is 29.6 Å². The van der Waals surface area contributed by atoms with Crippen LogP contribution < -0.4 is 0 Å². The van der Waals surface area contributed by atoms with Crippen LogP contribution in [0.2, 0.25) is 0 Å². The van der Waals surface area contributed by atoms with Crippen LogP contribution in [-0.2, 0) is 9.59 Å². The summed E-state index contributed by atoms with van der Waals surface area (Å²) in [5, 5.41) is 20.1. The van der Waals surface area contributed by atoms with E-state index in [0.29, 0.717) is 12.8 Å². The topological polar surface area (TPSA) is 94.9 Å².